The van der Waals surface area contributed by atoms with E-state index in [4.69, 9.17) is 4.74 Å². The van der Waals surface area contributed by atoms with Crippen molar-refractivity contribution in [2.45, 2.75) is 39.3 Å². The zero-order valence-electron chi connectivity index (χ0n) is 13.1. The monoisotopic (exact) mass is 276 g/mol. The highest BCUT2D eigenvalue weighted by Gasteiger charge is 2.30. The van der Waals surface area contributed by atoms with Crippen molar-refractivity contribution in [1.29, 1.82) is 0 Å². The molecule has 0 spiro atoms. The molecular formula is C17H28N2O. The molecule has 0 radical (unpaired) electrons. The number of methoxy groups -OCH3 is 1. The molecule has 3 nitrogen and oxygen atoms in total. The SMILES string of the molecule is COCCNCc1ccccc1N(CC(C)C)C1CC1. The van der Waals surface area contributed by atoms with E-state index >= 15 is 0 Å². The van der Waals surface area contributed by atoms with Crippen LogP contribution in [0.4, 0.5) is 5.69 Å². The van der Waals surface area contributed by atoms with E-state index in [0.29, 0.717) is 5.92 Å². The lowest BCUT2D eigenvalue weighted by Crippen LogP contribution is -2.31. The Hall–Kier alpha value is -1.06. The molecule has 1 saturated carbocycles. The number of hydrogen-bond donors (Lipinski definition) is 1. The topological polar surface area (TPSA) is 24.5 Å². The van der Waals surface area contributed by atoms with Gasteiger partial charge in [-0.3, -0.25) is 0 Å². The molecule has 1 aliphatic carbocycles. The predicted octanol–water partition coefficient (Wildman–Crippen LogP) is 3.05. The van der Waals surface area contributed by atoms with E-state index in [2.05, 4.69) is 48.3 Å². The van der Waals surface area contributed by atoms with E-state index in [1.165, 1.54) is 24.1 Å². The Labute approximate surface area is 123 Å². The van der Waals surface area contributed by atoms with Gasteiger partial charge in [0.2, 0.25) is 0 Å². The maximum atomic E-state index is 5.09. The number of rotatable bonds is 9. The molecule has 3 heteroatoms. The lowest BCUT2D eigenvalue weighted by molar-refractivity contribution is 0.199. The largest absolute Gasteiger partial charge is 0.383 e. The quantitative estimate of drug-likeness (QED) is 0.702. The lowest BCUT2D eigenvalue weighted by Gasteiger charge is -2.29. The summed E-state index contributed by atoms with van der Waals surface area (Å²) in [4.78, 5) is 2.61. The Morgan fingerprint density at radius 1 is 1.30 bits per heavy atom. The van der Waals surface area contributed by atoms with Crippen LogP contribution in [-0.2, 0) is 11.3 Å². The van der Waals surface area contributed by atoms with Gasteiger partial charge in [0.25, 0.3) is 0 Å². The summed E-state index contributed by atoms with van der Waals surface area (Å²) in [7, 11) is 1.74. The van der Waals surface area contributed by atoms with Crippen LogP contribution >= 0.6 is 0 Å². The molecule has 112 valence electrons. The number of para-hydroxylation sites is 1. The zero-order valence-corrected chi connectivity index (χ0v) is 13.1. The maximum absolute atomic E-state index is 5.09. The fourth-order valence-electron chi connectivity index (χ4n) is 2.56. The Bertz CT molecular complexity index is 402. The average molecular weight is 276 g/mol. The maximum Gasteiger partial charge on any atom is 0.0587 e. The predicted molar refractivity (Wildman–Crippen MR) is 85.2 cm³/mol. The second-order valence-corrected chi connectivity index (χ2v) is 6.08. The molecule has 0 unspecified atom stereocenters. The third-order valence-corrected chi connectivity index (χ3v) is 3.65. The van der Waals surface area contributed by atoms with Gasteiger partial charge in [0.1, 0.15) is 0 Å². The number of hydrogen-bond acceptors (Lipinski definition) is 3. The lowest BCUT2D eigenvalue weighted by atomic mass is 10.1. The van der Waals surface area contributed by atoms with Gasteiger partial charge in [-0.15, -0.1) is 0 Å². The molecule has 2 rings (SSSR count). The first kappa shape index (κ1) is 15.3. The van der Waals surface area contributed by atoms with E-state index in [9.17, 15) is 0 Å². The van der Waals surface area contributed by atoms with Crippen LogP contribution in [0.25, 0.3) is 0 Å². The molecule has 0 amide bonds. The summed E-state index contributed by atoms with van der Waals surface area (Å²) in [5, 5.41) is 3.46. The van der Waals surface area contributed by atoms with E-state index < -0.39 is 0 Å². The van der Waals surface area contributed by atoms with Crippen LogP contribution in [0.1, 0.15) is 32.3 Å². The van der Waals surface area contributed by atoms with Crippen molar-refractivity contribution < 1.29 is 4.74 Å². The molecule has 1 fully saturated rings. The van der Waals surface area contributed by atoms with Gasteiger partial charge >= 0.3 is 0 Å². The number of anilines is 1. The standard InChI is InChI=1S/C17H28N2O/c1-14(2)13-19(16-8-9-16)17-7-5-4-6-15(17)12-18-10-11-20-3/h4-7,14,16,18H,8-13H2,1-3H3. The first-order chi connectivity index (χ1) is 9.72. The highest BCUT2D eigenvalue weighted by atomic mass is 16.5. The van der Waals surface area contributed by atoms with Crippen LogP contribution in [0.15, 0.2) is 24.3 Å². The minimum atomic E-state index is 0.699. The fourth-order valence-corrected chi connectivity index (χ4v) is 2.56. The van der Waals surface area contributed by atoms with Crippen molar-refractivity contribution in [3.63, 3.8) is 0 Å². The Morgan fingerprint density at radius 3 is 2.70 bits per heavy atom. The summed E-state index contributed by atoms with van der Waals surface area (Å²) >= 11 is 0. The molecule has 1 aromatic carbocycles. The third-order valence-electron chi connectivity index (χ3n) is 3.65. The van der Waals surface area contributed by atoms with Crippen LogP contribution in [0.5, 0.6) is 0 Å². The summed E-state index contributed by atoms with van der Waals surface area (Å²) in [5.41, 5.74) is 2.81. The van der Waals surface area contributed by atoms with Crippen molar-refractivity contribution in [1.82, 2.24) is 5.32 Å². The molecular weight excluding hydrogens is 248 g/mol. The molecule has 1 aliphatic rings. The number of benzene rings is 1. The molecule has 0 aromatic heterocycles. The van der Waals surface area contributed by atoms with Gasteiger partial charge in [0, 0.05) is 38.5 Å². The second-order valence-electron chi connectivity index (χ2n) is 6.08. The minimum Gasteiger partial charge on any atom is -0.383 e. The summed E-state index contributed by atoms with van der Waals surface area (Å²) in [6.07, 6.45) is 2.69. The number of ether oxygens (including phenoxy) is 1. The smallest absolute Gasteiger partial charge is 0.0587 e. The highest BCUT2D eigenvalue weighted by Crippen LogP contribution is 2.34. The van der Waals surface area contributed by atoms with Crippen molar-refractivity contribution in [3.8, 4) is 0 Å². The van der Waals surface area contributed by atoms with Crippen LogP contribution in [0.3, 0.4) is 0 Å². The van der Waals surface area contributed by atoms with Gasteiger partial charge in [0.05, 0.1) is 6.61 Å². The van der Waals surface area contributed by atoms with Crippen molar-refractivity contribution in [2.24, 2.45) is 5.92 Å². The molecule has 0 saturated heterocycles. The zero-order chi connectivity index (χ0) is 14.4. The normalized spacial score (nSPS) is 14.8. The molecule has 0 bridgehead atoms. The average Bonchev–Trinajstić information content (AvgIpc) is 3.26. The summed E-state index contributed by atoms with van der Waals surface area (Å²) in [6, 6.07) is 9.57. The Morgan fingerprint density at radius 2 is 2.05 bits per heavy atom. The Kier molecular flexibility index (Phi) is 5.86. The molecule has 0 atom stereocenters. The summed E-state index contributed by atoms with van der Waals surface area (Å²) < 4.78 is 5.09. The highest BCUT2D eigenvalue weighted by molar-refractivity contribution is 5.55. The van der Waals surface area contributed by atoms with Gasteiger partial charge < -0.3 is 15.0 Å². The molecule has 0 aliphatic heterocycles. The van der Waals surface area contributed by atoms with Crippen LogP contribution in [0, 0.1) is 5.92 Å². The van der Waals surface area contributed by atoms with Crippen LogP contribution in [-0.4, -0.2) is 32.8 Å². The van der Waals surface area contributed by atoms with Gasteiger partial charge in [-0.1, -0.05) is 32.0 Å². The van der Waals surface area contributed by atoms with Crippen molar-refractivity contribution >= 4 is 5.69 Å². The van der Waals surface area contributed by atoms with Crippen molar-refractivity contribution in [3.05, 3.63) is 29.8 Å². The van der Waals surface area contributed by atoms with Gasteiger partial charge in [0.15, 0.2) is 0 Å². The van der Waals surface area contributed by atoms with Crippen molar-refractivity contribution in [2.75, 3.05) is 31.7 Å². The van der Waals surface area contributed by atoms with Gasteiger partial charge in [-0.25, -0.2) is 0 Å². The molecule has 0 heterocycles. The fraction of sp³-hybridized carbons (Fsp3) is 0.647. The van der Waals surface area contributed by atoms with Crippen LogP contribution < -0.4 is 10.2 Å². The number of nitrogens with zero attached hydrogens (tertiary/aromatic N) is 1. The first-order valence-electron chi connectivity index (χ1n) is 7.76. The minimum absolute atomic E-state index is 0.699. The van der Waals surface area contributed by atoms with E-state index in [0.717, 1.165) is 32.3 Å². The van der Waals surface area contributed by atoms with Gasteiger partial charge in [-0.05, 0) is 30.4 Å². The third kappa shape index (κ3) is 4.50. The second kappa shape index (κ2) is 7.65. The Balaban J connectivity index is 2.04. The summed E-state index contributed by atoms with van der Waals surface area (Å²) in [5.74, 6) is 0.699. The van der Waals surface area contributed by atoms with E-state index in [1.807, 2.05) is 0 Å². The molecule has 1 aromatic rings. The van der Waals surface area contributed by atoms with E-state index in [1.54, 1.807) is 7.11 Å². The molecule has 1 N–H and O–H groups in total. The van der Waals surface area contributed by atoms with Crippen LogP contribution in [0.2, 0.25) is 0 Å². The van der Waals surface area contributed by atoms with E-state index in [-0.39, 0.29) is 0 Å². The van der Waals surface area contributed by atoms with Gasteiger partial charge in [-0.2, -0.15) is 0 Å². The number of nitrogens with one attached hydrogen (secondary N) is 1. The first-order valence-corrected chi connectivity index (χ1v) is 7.76. The summed E-state index contributed by atoms with van der Waals surface area (Å²) in [6.45, 7) is 8.34. The molecule has 20 heavy (non-hydrogen) atoms.